The lowest BCUT2D eigenvalue weighted by Gasteiger charge is -2.32. The first-order valence-corrected chi connectivity index (χ1v) is 8.51. The smallest absolute Gasteiger partial charge is 0.339 e. The van der Waals surface area contributed by atoms with Crippen LogP contribution in [-0.4, -0.2) is 18.6 Å². The van der Waals surface area contributed by atoms with E-state index in [-0.39, 0.29) is 17.4 Å². The van der Waals surface area contributed by atoms with Gasteiger partial charge in [0.1, 0.15) is 0 Å². The van der Waals surface area contributed by atoms with Crippen molar-refractivity contribution in [2.45, 2.75) is 52.0 Å². The van der Waals surface area contributed by atoms with Crippen LogP contribution in [0.4, 0.5) is 5.69 Å². The molecule has 2 aliphatic heterocycles. The van der Waals surface area contributed by atoms with Gasteiger partial charge in [-0.3, -0.25) is 0 Å². The maximum Gasteiger partial charge on any atom is 0.339 e. The fourth-order valence-electron chi connectivity index (χ4n) is 3.22. The zero-order chi connectivity index (χ0) is 17.5. The molecular weight excluding hydrogens is 302 g/mol. The Morgan fingerprint density at radius 1 is 1.46 bits per heavy atom. The van der Waals surface area contributed by atoms with Crippen LogP contribution in [0.5, 0.6) is 5.75 Å². The molecule has 0 unspecified atom stereocenters. The molecule has 2 heterocycles. The molecule has 0 fully saturated rings. The van der Waals surface area contributed by atoms with Gasteiger partial charge >= 0.3 is 5.97 Å². The van der Waals surface area contributed by atoms with Crippen LogP contribution in [0.2, 0.25) is 0 Å². The lowest BCUT2D eigenvalue weighted by Crippen LogP contribution is -2.37. The van der Waals surface area contributed by atoms with E-state index in [1.807, 2.05) is 19.1 Å². The Labute approximate surface area is 143 Å². The zero-order valence-electron chi connectivity index (χ0n) is 14.9. The molecule has 1 aromatic carbocycles. The number of carbonyl (C=O) groups is 1. The summed E-state index contributed by atoms with van der Waals surface area (Å²) in [5, 5.41) is 0. The van der Waals surface area contributed by atoms with Crippen molar-refractivity contribution in [1.29, 1.82) is 0 Å². The standard InChI is InChI=1S/C20H25NO3/c1-6-14-9-10-15(19(22)23-7-2)18-21(14)16-12-13(20(3,4)5)8-11-17(16)24-18/h6,8,11-12,14H,1,7,9-10H2,2-5H3/t14-/m0/s1. The summed E-state index contributed by atoms with van der Waals surface area (Å²) < 4.78 is 11.3. The molecule has 1 aromatic rings. The van der Waals surface area contributed by atoms with Gasteiger partial charge in [0.25, 0.3) is 0 Å². The zero-order valence-corrected chi connectivity index (χ0v) is 14.9. The highest BCUT2D eigenvalue weighted by Gasteiger charge is 2.39. The van der Waals surface area contributed by atoms with Crippen molar-refractivity contribution in [3.63, 3.8) is 0 Å². The summed E-state index contributed by atoms with van der Waals surface area (Å²) in [6.07, 6.45) is 3.38. The quantitative estimate of drug-likeness (QED) is 0.613. The minimum absolute atomic E-state index is 0.0466. The van der Waals surface area contributed by atoms with Gasteiger partial charge in [0, 0.05) is 0 Å². The molecule has 0 saturated heterocycles. The summed E-state index contributed by atoms with van der Waals surface area (Å²) in [7, 11) is 0. The third-order valence-corrected chi connectivity index (χ3v) is 4.58. The van der Waals surface area contributed by atoms with E-state index in [0.29, 0.717) is 24.5 Å². The molecule has 3 rings (SSSR count). The van der Waals surface area contributed by atoms with E-state index in [0.717, 1.165) is 17.9 Å². The molecular formula is C20H25NO3. The first-order chi connectivity index (χ1) is 11.4. The molecule has 128 valence electrons. The first-order valence-electron chi connectivity index (χ1n) is 8.51. The van der Waals surface area contributed by atoms with Gasteiger partial charge in [-0.05, 0) is 42.9 Å². The van der Waals surface area contributed by atoms with Gasteiger partial charge in [-0.25, -0.2) is 4.79 Å². The normalized spacial score (nSPS) is 19.5. The van der Waals surface area contributed by atoms with E-state index in [4.69, 9.17) is 9.47 Å². The molecule has 0 spiro atoms. The number of hydrogen-bond donors (Lipinski definition) is 0. The molecule has 0 amide bonds. The summed E-state index contributed by atoms with van der Waals surface area (Å²) in [4.78, 5) is 14.4. The Balaban J connectivity index is 2.10. The molecule has 4 heteroatoms. The second kappa shape index (κ2) is 6.00. The van der Waals surface area contributed by atoms with E-state index >= 15 is 0 Å². The summed E-state index contributed by atoms with van der Waals surface area (Å²) in [5.74, 6) is 1.10. The molecule has 0 bridgehead atoms. The number of esters is 1. The Bertz CT molecular complexity index is 712. The van der Waals surface area contributed by atoms with E-state index in [1.165, 1.54) is 5.56 Å². The van der Waals surface area contributed by atoms with Crippen molar-refractivity contribution < 1.29 is 14.3 Å². The number of fused-ring (bicyclic) bond motifs is 3. The largest absolute Gasteiger partial charge is 0.462 e. The van der Waals surface area contributed by atoms with Gasteiger partial charge in [-0.2, -0.15) is 0 Å². The maximum atomic E-state index is 12.3. The molecule has 1 atom stereocenters. The van der Waals surface area contributed by atoms with Gasteiger partial charge in [0.05, 0.1) is 23.9 Å². The minimum Gasteiger partial charge on any atom is -0.462 e. The maximum absolute atomic E-state index is 12.3. The highest BCUT2D eigenvalue weighted by Crippen LogP contribution is 2.46. The van der Waals surface area contributed by atoms with Gasteiger partial charge in [-0.1, -0.05) is 32.9 Å². The second-order valence-electron chi connectivity index (χ2n) is 7.25. The number of benzene rings is 1. The predicted octanol–water partition coefficient (Wildman–Crippen LogP) is 4.31. The number of nitrogens with zero attached hydrogens (tertiary/aromatic N) is 1. The Hall–Kier alpha value is -2.23. The average Bonchev–Trinajstić information content (AvgIpc) is 2.92. The van der Waals surface area contributed by atoms with Gasteiger partial charge in [-0.15, -0.1) is 6.58 Å². The molecule has 4 nitrogen and oxygen atoms in total. The van der Waals surface area contributed by atoms with E-state index in [2.05, 4.69) is 44.4 Å². The minimum atomic E-state index is -0.288. The van der Waals surface area contributed by atoms with Crippen LogP contribution >= 0.6 is 0 Å². The van der Waals surface area contributed by atoms with Crippen LogP contribution in [-0.2, 0) is 14.9 Å². The second-order valence-corrected chi connectivity index (χ2v) is 7.25. The fraction of sp³-hybridized carbons (Fsp3) is 0.450. The van der Waals surface area contributed by atoms with Crippen LogP contribution in [0.25, 0.3) is 0 Å². The van der Waals surface area contributed by atoms with Gasteiger partial charge in [0.15, 0.2) is 5.75 Å². The third kappa shape index (κ3) is 2.70. The first kappa shape index (κ1) is 16.6. The monoisotopic (exact) mass is 327 g/mol. The topological polar surface area (TPSA) is 38.8 Å². The highest BCUT2D eigenvalue weighted by molar-refractivity contribution is 5.91. The summed E-state index contributed by atoms with van der Waals surface area (Å²) >= 11 is 0. The number of carbonyl (C=O) groups excluding carboxylic acids is 1. The molecule has 0 aromatic heterocycles. The van der Waals surface area contributed by atoms with Crippen molar-refractivity contribution in [1.82, 2.24) is 0 Å². The van der Waals surface area contributed by atoms with Crippen LogP contribution < -0.4 is 9.64 Å². The highest BCUT2D eigenvalue weighted by atomic mass is 16.5. The Kier molecular flexibility index (Phi) is 4.16. The molecule has 0 N–H and O–H groups in total. The summed E-state index contributed by atoms with van der Waals surface area (Å²) in [6.45, 7) is 12.7. The lowest BCUT2D eigenvalue weighted by molar-refractivity contribution is -0.139. The SMILES string of the molecule is C=C[C@H]1CCC(C(=O)OCC)=C2Oc3ccc(C(C)(C)C)cc3N21. The van der Waals surface area contributed by atoms with Crippen LogP contribution in [0.1, 0.15) is 46.1 Å². The van der Waals surface area contributed by atoms with Gasteiger partial charge in [0.2, 0.25) is 5.88 Å². The number of anilines is 1. The number of rotatable bonds is 3. The van der Waals surface area contributed by atoms with Crippen molar-refractivity contribution in [3.8, 4) is 5.75 Å². The van der Waals surface area contributed by atoms with E-state index in [1.54, 1.807) is 0 Å². The van der Waals surface area contributed by atoms with Crippen molar-refractivity contribution in [2.75, 3.05) is 11.5 Å². The fourth-order valence-corrected chi connectivity index (χ4v) is 3.22. The summed E-state index contributed by atoms with van der Waals surface area (Å²) in [6, 6.07) is 6.36. The molecule has 0 aliphatic carbocycles. The molecule has 2 aliphatic rings. The lowest BCUT2D eigenvalue weighted by atomic mass is 9.86. The average molecular weight is 327 g/mol. The van der Waals surface area contributed by atoms with Crippen LogP contribution in [0.3, 0.4) is 0 Å². The molecule has 0 radical (unpaired) electrons. The van der Waals surface area contributed by atoms with E-state index in [9.17, 15) is 4.79 Å². The predicted molar refractivity (Wildman–Crippen MR) is 95.1 cm³/mol. The van der Waals surface area contributed by atoms with Crippen molar-refractivity contribution >= 4 is 11.7 Å². The van der Waals surface area contributed by atoms with Crippen LogP contribution in [0, 0.1) is 0 Å². The molecule has 0 saturated carbocycles. The Morgan fingerprint density at radius 2 is 2.21 bits per heavy atom. The number of hydrogen-bond acceptors (Lipinski definition) is 4. The summed E-state index contributed by atoms with van der Waals surface area (Å²) in [5.41, 5.74) is 2.90. The van der Waals surface area contributed by atoms with Crippen LogP contribution in [0.15, 0.2) is 42.3 Å². The Morgan fingerprint density at radius 3 is 2.83 bits per heavy atom. The van der Waals surface area contributed by atoms with E-state index < -0.39 is 0 Å². The van der Waals surface area contributed by atoms with Crippen molar-refractivity contribution in [2.24, 2.45) is 0 Å². The van der Waals surface area contributed by atoms with Gasteiger partial charge < -0.3 is 14.4 Å². The number of ether oxygens (including phenoxy) is 2. The molecule has 24 heavy (non-hydrogen) atoms. The van der Waals surface area contributed by atoms with Crippen molar-refractivity contribution in [3.05, 3.63) is 47.9 Å². The third-order valence-electron chi connectivity index (χ3n) is 4.58.